The molecule has 3 rings (SSSR count). The highest BCUT2D eigenvalue weighted by Gasteiger charge is 2.27. The highest BCUT2D eigenvalue weighted by atomic mass is 16.6. The van der Waals surface area contributed by atoms with Crippen LogP contribution in [0.25, 0.3) is 10.9 Å². The minimum Gasteiger partial charge on any atom is -0.332 e. The Morgan fingerprint density at radius 3 is 3.05 bits per heavy atom. The van der Waals surface area contributed by atoms with Gasteiger partial charge in [0.25, 0.3) is 11.6 Å². The molecule has 0 aliphatic carbocycles. The molecule has 0 spiro atoms. The first-order valence-corrected chi connectivity index (χ1v) is 6.72. The molecule has 1 aromatic heterocycles. The Kier molecular flexibility index (Phi) is 3.30. The number of hydrogen-bond donors (Lipinski definition) is 2. The van der Waals surface area contributed by atoms with Gasteiger partial charge in [-0.1, -0.05) is 0 Å². The standard InChI is InChI=1S/C13H15N5O3/c1-8-7-14-4-5-17(8)13(19)12-10-6-9(18(20)21)2-3-11(10)15-16-12/h2-3,6,8,14H,4-5,7H2,1H3,(H,15,16). The van der Waals surface area contributed by atoms with Gasteiger partial charge >= 0.3 is 0 Å². The first kappa shape index (κ1) is 13.5. The zero-order valence-electron chi connectivity index (χ0n) is 11.5. The number of non-ortho nitro benzene ring substituents is 1. The van der Waals surface area contributed by atoms with Crippen LogP contribution in [0.4, 0.5) is 5.69 Å². The van der Waals surface area contributed by atoms with E-state index in [9.17, 15) is 14.9 Å². The molecule has 1 fully saturated rings. The van der Waals surface area contributed by atoms with Gasteiger partial charge in [-0.15, -0.1) is 0 Å². The maximum Gasteiger partial charge on any atom is 0.275 e. The molecule has 1 saturated heterocycles. The van der Waals surface area contributed by atoms with E-state index in [2.05, 4.69) is 15.5 Å². The number of hydrogen-bond acceptors (Lipinski definition) is 5. The van der Waals surface area contributed by atoms with Crippen molar-refractivity contribution in [2.24, 2.45) is 0 Å². The largest absolute Gasteiger partial charge is 0.332 e. The number of benzene rings is 1. The Hall–Kier alpha value is -2.48. The number of H-pyrrole nitrogens is 1. The minimum absolute atomic E-state index is 0.0497. The van der Waals surface area contributed by atoms with E-state index in [-0.39, 0.29) is 23.3 Å². The lowest BCUT2D eigenvalue weighted by Gasteiger charge is -2.33. The van der Waals surface area contributed by atoms with Crippen molar-refractivity contribution in [1.29, 1.82) is 0 Å². The molecule has 8 nitrogen and oxygen atoms in total. The van der Waals surface area contributed by atoms with Crippen LogP contribution in [-0.4, -0.2) is 51.6 Å². The third-order valence-electron chi connectivity index (χ3n) is 3.72. The van der Waals surface area contributed by atoms with Crippen molar-refractivity contribution < 1.29 is 9.72 Å². The lowest BCUT2D eigenvalue weighted by molar-refractivity contribution is -0.384. The Labute approximate surface area is 120 Å². The molecule has 110 valence electrons. The van der Waals surface area contributed by atoms with Gasteiger partial charge in [-0.25, -0.2) is 0 Å². The number of nitro benzene ring substituents is 1. The molecule has 2 aromatic rings. The Morgan fingerprint density at radius 1 is 1.52 bits per heavy atom. The molecule has 2 heterocycles. The fourth-order valence-corrected chi connectivity index (χ4v) is 2.56. The van der Waals surface area contributed by atoms with E-state index >= 15 is 0 Å². The molecule has 1 aliphatic rings. The van der Waals surface area contributed by atoms with Gasteiger partial charge in [-0.05, 0) is 13.0 Å². The summed E-state index contributed by atoms with van der Waals surface area (Å²) in [5.74, 6) is -0.198. The van der Waals surface area contributed by atoms with Crippen LogP contribution in [0.15, 0.2) is 18.2 Å². The summed E-state index contributed by atoms with van der Waals surface area (Å²) in [6.45, 7) is 4.03. The number of fused-ring (bicyclic) bond motifs is 1. The predicted molar refractivity (Wildman–Crippen MR) is 76.1 cm³/mol. The van der Waals surface area contributed by atoms with Crippen LogP contribution < -0.4 is 5.32 Å². The van der Waals surface area contributed by atoms with Gasteiger partial charge in [0.1, 0.15) is 0 Å². The number of aromatic amines is 1. The number of rotatable bonds is 2. The maximum absolute atomic E-state index is 12.6. The number of piperazine rings is 1. The molecule has 2 N–H and O–H groups in total. The first-order chi connectivity index (χ1) is 10.1. The van der Waals surface area contributed by atoms with Gasteiger partial charge in [-0.3, -0.25) is 20.0 Å². The number of nitrogens with zero attached hydrogens (tertiary/aromatic N) is 3. The van der Waals surface area contributed by atoms with Gasteiger partial charge in [0.15, 0.2) is 5.69 Å². The lowest BCUT2D eigenvalue weighted by atomic mass is 10.1. The topological polar surface area (TPSA) is 104 Å². The summed E-state index contributed by atoms with van der Waals surface area (Å²) in [5, 5.41) is 21.4. The zero-order chi connectivity index (χ0) is 15.0. The Balaban J connectivity index is 2.01. The molecule has 1 atom stereocenters. The van der Waals surface area contributed by atoms with Crippen molar-refractivity contribution in [2.45, 2.75) is 13.0 Å². The molecule has 1 unspecified atom stereocenters. The summed E-state index contributed by atoms with van der Waals surface area (Å²) in [7, 11) is 0. The highest BCUT2D eigenvalue weighted by molar-refractivity contribution is 6.05. The van der Waals surface area contributed by atoms with E-state index < -0.39 is 4.92 Å². The smallest absolute Gasteiger partial charge is 0.275 e. The quantitative estimate of drug-likeness (QED) is 0.631. The lowest BCUT2D eigenvalue weighted by Crippen LogP contribution is -2.52. The molecule has 1 aromatic carbocycles. The second-order valence-electron chi connectivity index (χ2n) is 5.11. The van der Waals surface area contributed by atoms with Crippen LogP contribution in [0.5, 0.6) is 0 Å². The maximum atomic E-state index is 12.6. The normalized spacial score (nSPS) is 18.9. The monoisotopic (exact) mass is 289 g/mol. The number of carbonyl (C=O) groups excluding carboxylic acids is 1. The number of nitro groups is 1. The number of carbonyl (C=O) groups is 1. The highest BCUT2D eigenvalue weighted by Crippen LogP contribution is 2.23. The molecule has 1 amide bonds. The summed E-state index contributed by atoms with van der Waals surface area (Å²) in [6.07, 6.45) is 0. The fraction of sp³-hybridized carbons (Fsp3) is 0.385. The van der Waals surface area contributed by atoms with E-state index in [1.54, 1.807) is 11.0 Å². The van der Waals surface area contributed by atoms with Gasteiger partial charge in [0.2, 0.25) is 0 Å². The minimum atomic E-state index is -0.478. The van der Waals surface area contributed by atoms with Gasteiger partial charge in [0, 0.05) is 43.2 Å². The van der Waals surface area contributed by atoms with Crippen LogP contribution in [0.3, 0.4) is 0 Å². The van der Waals surface area contributed by atoms with Crippen LogP contribution in [0.2, 0.25) is 0 Å². The third kappa shape index (κ3) is 2.33. The second-order valence-corrected chi connectivity index (χ2v) is 5.11. The van der Waals surface area contributed by atoms with E-state index in [0.29, 0.717) is 17.4 Å². The molecule has 0 saturated carbocycles. The van der Waals surface area contributed by atoms with E-state index in [4.69, 9.17) is 0 Å². The molecule has 0 bridgehead atoms. The van der Waals surface area contributed by atoms with Crippen molar-refractivity contribution in [1.82, 2.24) is 20.4 Å². The average molecular weight is 289 g/mol. The molecule has 21 heavy (non-hydrogen) atoms. The van der Waals surface area contributed by atoms with Crippen molar-refractivity contribution in [3.05, 3.63) is 34.0 Å². The van der Waals surface area contributed by atoms with Crippen molar-refractivity contribution in [2.75, 3.05) is 19.6 Å². The SMILES string of the molecule is CC1CNCCN1C(=O)c1n[nH]c2ccc([N+](=O)[O-])cc12. The third-order valence-corrected chi connectivity index (χ3v) is 3.72. The number of nitrogens with one attached hydrogen (secondary N) is 2. The molecular weight excluding hydrogens is 274 g/mol. The van der Waals surface area contributed by atoms with Crippen molar-refractivity contribution >= 4 is 22.5 Å². The summed E-state index contributed by atoms with van der Waals surface area (Å²) >= 11 is 0. The number of aromatic nitrogens is 2. The zero-order valence-corrected chi connectivity index (χ0v) is 11.5. The molecular formula is C13H15N5O3. The summed E-state index contributed by atoms with van der Waals surface area (Å²) in [6, 6.07) is 4.41. The van der Waals surface area contributed by atoms with Crippen molar-refractivity contribution in [3.63, 3.8) is 0 Å². The van der Waals surface area contributed by atoms with E-state index in [1.807, 2.05) is 6.92 Å². The van der Waals surface area contributed by atoms with Gasteiger partial charge < -0.3 is 10.2 Å². The first-order valence-electron chi connectivity index (χ1n) is 6.72. The van der Waals surface area contributed by atoms with Crippen molar-refractivity contribution in [3.8, 4) is 0 Å². The Bertz CT molecular complexity index is 711. The molecule has 0 radical (unpaired) electrons. The number of amides is 1. The molecule has 1 aliphatic heterocycles. The van der Waals surface area contributed by atoms with E-state index in [0.717, 1.165) is 13.1 Å². The fourth-order valence-electron chi connectivity index (χ4n) is 2.56. The summed E-state index contributed by atoms with van der Waals surface area (Å²) in [5.41, 5.74) is 0.806. The Morgan fingerprint density at radius 2 is 2.33 bits per heavy atom. The summed E-state index contributed by atoms with van der Waals surface area (Å²) < 4.78 is 0. The second kappa shape index (κ2) is 5.13. The van der Waals surface area contributed by atoms with Crippen LogP contribution in [0.1, 0.15) is 17.4 Å². The molecule has 8 heteroatoms. The van der Waals surface area contributed by atoms with Crippen LogP contribution in [-0.2, 0) is 0 Å². The summed E-state index contributed by atoms with van der Waals surface area (Å²) in [4.78, 5) is 24.7. The average Bonchev–Trinajstić information content (AvgIpc) is 2.90. The van der Waals surface area contributed by atoms with Gasteiger partial charge in [-0.2, -0.15) is 5.10 Å². The van der Waals surface area contributed by atoms with E-state index in [1.165, 1.54) is 12.1 Å². The van der Waals surface area contributed by atoms with Crippen LogP contribution in [0, 0.1) is 10.1 Å². The van der Waals surface area contributed by atoms with Crippen LogP contribution >= 0.6 is 0 Å². The predicted octanol–water partition coefficient (Wildman–Crippen LogP) is 0.905. The van der Waals surface area contributed by atoms with Gasteiger partial charge in [0.05, 0.1) is 10.4 Å².